The van der Waals surface area contributed by atoms with Crippen molar-refractivity contribution in [1.29, 1.82) is 5.26 Å². The zero-order chi connectivity index (χ0) is 3.41. The van der Waals surface area contributed by atoms with Crippen LogP contribution in [-0.2, 0) is 26.1 Å². The maximum absolute atomic E-state index is 7.67. The summed E-state index contributed by atoms with van der Waals surface area (Å²) in [7, 11) is 0. The molecule has 0 N–H and O–H groups in total. The molecule has 0 saturated heterocycles. The number of nitriles is 1. The average molecular weight is 241 g/mol. The Morgan fingerprint density at radius 3 is 2.25 bits per heavy atom. The molecule has 0 unspecified atom stereocenters. The minimum atomic E-state index is 0.712. The summed E-state index contributed by atoms with van der Waals surface area (Å²) in [6, 6.07) is 2.02. The quantitative estimate of drug-likeness (QED) is 0.565. The molecule has 0 amide bonds. The van der Waals surface area contributed by atoms with Crippen molar-refractivity contribution in [2.75, 3.05) is 0 Å². The van der Waals surface area contributed by atoms with Crippen LogP contribution in [0.15, 0.2) is 0 Å². The third kappa shape index (κ3) is 2.43. The second-order valence-corrected chi connectivity index (χ2v) is 2.35. The number of hydrogen-bond acceptors (Lipinski definition) is 1. The SMILES string of the molecule is N#C[CH2][Hg+]. The summed E-state index contributed by atoms with van der Waals surface area (Å²) in [5, 5.41) is 7.67. The Morgan fingerprint density at radius 2 is 2.25 bits per heavy atom. The topological polar surface area (TPSA) is 23.8 Å². The van der Waals surface area contributed by atoms with Gasteiger partial charge >= 0.3 is 41.4 Å². The first-order chi connectivity index (χ1) is 1.91. The van der Waals surface area contributed by atoms with Crippen LogP contribution >= 0.6 is 0 Å². The van der Waals surface area contributed by atoms with Crippen molar-refractivity contribution in [3.05, 3.63) is 0 Å². The van der Waals surface area contributed by atoms with E-state index in [1.165, 1.54) is 0 Å². The Hall–Kier alpha value is 0.425. The van der Waals surface area contributed by atoms with E-state index in [0.29, 0.717) is 26.1 Å². The summed E-state index contributed by atoms with van der Waals surface area (Å²) in [4.78, 5) is 0. The summed E-state index contributed by atoms with van der Waals surface area (Å²) in [6.45, 7) is 0. The predicted molar refractivity (Wildman–Crippen MR) is 10.4 cm³/mol. The average Bonchev–Trinajstić information content (AvgIpc) is 1.37. The van der Waals surface area contributed by atoms with E-state index >= 15 is 0 Å². The van der Waals surface area contributed by atoms with Crippen molar-refractivity contribution in [3.63, 3.8) is 0 Å². The van der Waals surface area contributed by atoms with Crippen LogP contribution in [0.5, 0.6) is 0 Å². The molecule has 0 aliphatic heterocycles. The third-order valence-corrected chi connectivity index (χ3v) is 0.981. The zero-order valence-electron chi connectivity index (χ0n) is 2.36. The summed E-state index contributed by atoms with van der Waals surface area (Å²) >= 11 is 0.712. The molecule has 0 aromatic heterocycles. The van der Waals surface area contributed by atoms with Gasteiger partial charge in [-0.25, -0.2) is 0 Å². The minimum absolute atomic E-state index is 0.712. The summed E-state index contributed by atoms with van der Waals surface area (Å²) < 4.78 is 0.819. The Balaban J connectivity index is 2.43. The molecule has 2 heteroatoms. The number of rotatable bonds is 0. The maximum atomic E-state index is 7.67. The van der Waals surface area contributed by atoms with Crippen molar-refractivity contribution >= 4 is 0 Å². The van der Waals surface area contributed by atoms with Crippen molar-refractivity contribution in [1.82, 2.24) is 0 Å². The van der Waals surface area contributed by atoms with Crippen LogP contribution < -0.4 is 0 Å². The third-order valence-electron chi connectivity index (χ3n) is 0.112. The van der Waals surface area contributed by atoms with Crippen LogP contribution in [0.4, 0.5) is 0 Å². The molecule has 1 nitrogen and oxygen atoms in total. The standard InChI is InChI=1S/C2H2N.Hg/c1-2-3;/h1H2;/q;+1. The molecule has 0 heterocycles. The van der Waals surface area contributed by atoms with Crippen LogP contribution in [0.1, 0.15) is 0 Å². The molecule has 0 fully saturated rings. The van der Waals surface area contributed by atoms with Gasteiger partial charge in [0.15, 0.2) is 0 Å². The van der Waals surface area contributed by atoms with Crippen molar-refractivity contribution in [2.45, 2.75) is 3.93 Å². The molecule has 0 radical (unpaired) electrons. The molecule has 0 atom stereocenters. The molecule has 0 aliphatic rings. The molecular weight excluding hydrogens is 239 g/mol. The fourth-order valence-corrected chi connectivity index (χ4v) is 0. The van der Waals surface area contributed by atoms with Gasteiger partial charge in [0.25, 0.3) is 0 Å². The summed E-state index contributed by atoms with van der Waals surface area (Å²) in [5.41, 5.74) is 0. The van der Waals surface area contributed by atoms with Gasteiger partial charge in [0, 0.05) is 0 Å². The molecule has 0 aromatic rings. The second-order valence-electron chi connectivity index (χ2n) is 0.408. The monoisotopic (exact) mass is 242 g/mol. The molecule has 0 aromatic carbocycles. The van der Waals surface area contributed by atoms with Gasteiger partial charge in [-0.2, -0.15) is 0 Å². The van der Waals surface area contributed by atoms with Crippen molar-refractivity contribution in [2.24, 2.45) is 0 Å². The Morgan fingerprint density at radius 1 is 2.00 bits per heavy atom. The van der Waals surface area contributed by atoms with Gasteiger partial charge in [-0.1, -0.05) is 0 Å². The van der Waals surface area contributed by atoms with E-state index in [0.717, 1.165) is 3.93 Å². The van der Waals surface area contributed by atoms with Crippen LogP contribution in [-0.4, -0.2) is 0 Å². The molecule has 0 bridgehead atoms. The molecule has 0 rings (SSSR count). The molecule has 4 heavy (non-hydrogen) atoms. The van der Waals surface area contributed by atoms with E-state index in [2.05, 4.69) is 0 Å². The van der Waals surface area contributed by atoms with Crippen LogP contribution in [0.2, 0.25) is 3.93 Å². The Labute approximate surface area is 41.6 Å². The fourth-order valence-electron chi connectivity index (χ4n) is 0. The second kappa shape index (κ2) is 3.43. The number of hydrogen-bond donors (Lipinski definition) is 0. The Bertz CT molecular complexity index is 35.8. The van der Waals surface area contributed by atoms with E-state index in [1.807, 2.05) is 6.07 Å². The summed E-state index contributed by atoms with van der Waals surface area (Å²) in [6.07, 6.45) is 0. The van der Waals surface area contributed by atoms with Gasteiger partial charge in [-0.15, -0.1) is 0 Å². The first-order valence-electron chi connectivity index (χ1n) is 1.08. The van der Waals surface area contributed by atoms with E-state index in [9.17, 15) is 0 Å². The van der Waals surface area contributed by atoms with Gasteiger partial charge in [-0.05, 0) is 0 Å². The first-order valence-corrected chi connectivity index (χ1v) is 4.96. The first kappa shape index (κ1) is 4.43. The molecule has 16 valence electrons. The molecule has 0 spiro atoms. The van der Waals surface area contributed by atoms with Crippen LogP contribution in [0, 0.1) is 11.3 Å². The van der Waals surface area contributed by atoms with Crippen LogP contribution in [0.3, 0.4) is 0 Å². The van der Waals surface area contributed by atoms with Gasteiger partial charge < -0.3 is 0 Å². The van der Waals surface area contributed by atoms with E-state index in [4.69, 9.17) is 5.26 Å². The Kier molecular flexibility index (Phi) is 3.79. The van der Waals surface area contributed by atoms with Crippen molar-refractivity contribution in [3.8, 4) is 6.07 Å². The van der Waals surface area contributed by atoms with Gasteiger partial charge in [0.05, 0.1) is 0 Å². The van der Waals surface area contributed by atoms with E-state index < -0.39 is 0 Å². The van der Waals surface area contributed by atoms with E-state index in [-0.39, 0.29) is 0 Å². The predicted octanol–water partition coefficient (Wildman–Crippen LogP) is 0.475. The molecule has 0 aliphatic carbocycles. The normalized spacial score (nSPS) is 5.25. The molecular formula is C2H2HgN+. The van der Waals surface area contributed by atoms with Gasteiger partial charge in [0.2, 0.25) is 0 Å². The van der Waals surface area contributed by atoms with Crippen LogP contribution in [0.25, 0.3) is 0 Å². The zero-order valence-corrected chi connectivity index (χ0v) is 7.86. The van der Waals surface area contributed by atoms with Gasteiger partial charge in [-0.3, -0.25) is 0 Å². The van der Waals surface area contributed by atoms with E-state index in [1.54, 1.807) is 0 Å². The summed E-state index contributed by atoms with van der Waals surface area (Å²) in [5.74, 6) is 0. The fraction of sp³-hybridized carbons (Fsp3) is 0.500. The number of nitrogens with zero attached hydrogens (tertiary/aromatic N) is 1. The van der Waals surface area contributed by atoms with Crippen molar-refractivity contribution < 1.29 is 26.1 Å². The molecule has 0 saturated carbocycles. The van der Waals surface area contributed by atoms with Gasteiger partial charge in [0.1, 0.15) is 0 Å².